The summed E-state index contributed by atoms with van der Waals surface area (Å²) in [6.45, 7) is 5.14. The van der Waals surface area contributed by atoms with Gasteiger partial charge in [0.15, 0.2) is 0 Å². The van der Waals surface area contributed by atoms with E-state index in [4.69, 9.17) is 9.63 Å². The lowest BCUT2D eigenvalue weighted by atomic mass is 9.80. The molecule has 3 aromatic rings. The van der Waals surface area contributed by atoms with Gasteiger partial charge in [0.25, 0.3) is 5.89 Å². The molecular weight excluding hydrogens is 414 g/mol. The standard InChI is InChI=1S/C24H27N3O3.ClH/c1-15(2)11-16-3-9-19(10-4-16)23-26-22(27-30-23)18-7-5-17(6-8-18)14-25-21-12-20(13-21)24(28)29;/h3-10,15,20-21,25H,11-14H2,1-2H3,(H,28,29);1H/t20-,21-;. The molecule has 1 fully saturated rings. The number of aromatic nitrogens is 2. The number of nitrogens with one attached hydrogen (secondary N) is 1. The van der Waals surface area contributed by atoms with Crippen molar-refractivity contribution in [3.63, 3.8) is 0 Å². The minimum atomic E-state index is -0.691. The van der Waals surface area contributed by atoms with Crippen LogP contribution in [0.4, 0.5) is 0 Å². The fourth-order valence-electron chi connectivity index (χ4n) is 3.73. The summed E-state index contributed by atoms with van der Waals surface area (Å²) in [6.07, 6.45) is 2.46. The molecule has 2 aromatic carbocycles. The first-order valence-electron chi connectivity index (χ1n) is 10.5. The fourth-order valence-corrected chi connectivity index (χ4v) is 3.73. The van der Waals surface area contributed by atoms with Crippen LogP contribution in [0, 0.1) is 11.8 Å². The van der Waals surface area contributed by atoms with E-state index in [0.29, 0.717) is 30.5 Å². The van der Waals surface area contributed by atoms with Crippen molar-refractivity contribution < 1.29 is 14.4 Å². The minimum Gasteiger partial charge on any atom is -0.481 e. The average molecular weight is 442 g/mol. The lowest BCUT2D eigenvalue weighted by molar-refractivity contribution is -0.145. The van der Waals surface area contributed by atoms with Crippen molar-refractivity contribution in [3.05, 3.63) is 59.7 Å². The van der Waals surface area contributed by atoms with Gasteiger partial charge in [0.1, 0.15) is 0 Å². The van der Waals surface area contributed by atoms with Crippen LogP contribution >= 0.6 is 12.4 Å². The number of nitrogens with zero attached hydrogens (tertiary/aromatic N) is 2. The van der Waals surface area contributed by atoms with E-state index in [1.54, 1.807) is 0 Å². The fraction of sp³-hybridized carbons (Fsp3) is 0.375. The number of hydrogen-bond donors (Lipinski definition) is 2. The number of carboxylic acids is 1. The Morgan fingerprint density at radius 1 is 1.06 bits per heavy atom. The van der Waals surface area contributed by atoms with Crippen molar-refractivity contribution in [3.8, 4) is 22.8 Å². The van der Waals surface area contributed by atoms with E-state index in [1.807, 2.05) is 36.4 Å². The van der Waals surface area contributed by atoms with E-state index in [2.05, 4.69) is 41.4 Å². The van der Waals surface area contributed by atoms with Gasteiger partial charge in [0.2, 0.25) is 5.82 Å². The smallest absolute Gasteiger partial charge is 0.306 e. The highest BCUT2D eigenvalue weighted by molar-refractivity contribution is 5.85. The normalized spacial score (nSPS) is 17.8. The topological polar surface area (TPSA) is 88.2 Å². The summed E-state index contributed by atoms with van der Waals surface area (Å²) in [5, 5.41) is 16.5. The van der Waals surface area contributed by atoms with E-state index >= 15 is 0 Å². The number of aliphatic carboxylic acids is 1. The number of rotatable bonds is 8. The van der Waals surface area contributed by atoms with Gasteiger partial charge in [-0.25, -0.2) is 0 Å². The van der Waals surface area contributed by atoms with Crippen molar-refractivity contribution in [2.75, 3.05) is 0 Å². The van der Waals surface area contributed by atoms with E-state index < -0.39 is 5.97 Å². The van der Waals surface area contributed by atoms with Gasteiger partial charge in [0.05, 0.1) is 5.92 Å². The van der Waals surface area contributed by atoms with Crippen LogP contribution < -0.4 is 5.32 Å². The Kier molecular flexibility index (Phi) is 7.46. The summed E-state index contributed by atoms with van der Waals surface area (Å²) < 4.78 is 5.47. The van der Waals surface area contributed by atoms with Crippen LogP contribution in [-0.4, -0.2) is 27.3 Å². The van der Waals surface area contributed by atoms with Gasteiger partial charge in [-0.2, -0.15) is 4.98 Å². The van der Waals surface area contributed by atoms with Crippen molar-refractivity contribution in [2.45, 2.75) is 45.7 Å². The molecule has 1 aliphatic carbocycles. The quantitative estimate of drug-likeness (QED) is 0.512. The summed E-state index contributed by atoms with van der Waals surface area (Å²) in [4.78, 5) is 15.4. The molecule has 31 heavy (non-hydrogen) atoms. The molecule has 0 bridgehead atoms. The Hall–Kier alpha value is -2.70. The molecule has 0 atom stereocenters. The lowest BCUT2D eigenvalue weighted by Crippen LogP contribution is -2.43. The molecule has 6 nitrogen and oxygen atoms in total. The van der Waals surface area contributed by atoms with Crippen molar-refractivity contribution >= 4 is 18.4 Å². The summed E-state index contributed by atoms with van der Waals surface area (Å²) in [7, 11) is 0. The van der Waals surface area contributed by atoms with Crippen LogP contribution in [0.1, 0.15) is 37.8 Å². The molecule has 0 unspecified atom stereocenters. The molecule has 0 aliphatic heterocycles. The number of halogens is 1. The van der Waals surface area contributed by atoms with Gasteiger partial charge >= 0.3 is 5.97 Å². The Morgan fingerprint density at radius 3 is 2.29 bits per heavy atom. The molecule has 1 aliphatic rings. The highest BCUT2D eigenvalue weighted by Gasteiger charge is 2.33. The summed E-state index contributed by atoms with van der Waals surface area (Å²) in [5.74, 6) is 0.829. The Labute approximate surface area is 188 Å². The summed E-state index contributed by atoms with van der Waals surface area (Å²) in [5.41, 5.74) is 4.27. The second-order valence-corrected chi connectivity index (χ2v) is 8.50. The molecule has 1 saturated carbocycles. The van der Waals surface area contributed by atoms with E-state index in [0.717, 1.165) is 29.7 Å². The van der Waals surface area contributed by atoms with E-state index in [-0.39, 0.29) is 24.4 Å². The third-order valence-corrected chi connectivity index (χ3v) is 5.57. The largest absolute Gasteiger partial charge is 0.481 e. The second-order valence-electron chi connectivity index (χ2n) is 8.50. The molecule has 1 heterocycles. The summed E-state index contributed by atoms with van der Waals surface area (Å²) >= 11 is 0. The van der Waals surface area contributed by atoms with Crippen LogP contribution in [0.25, 0.3) is 22.8 Å². The molecule has 7 heteroatoms. The van der Waals surface area contributed by atoms with E-state index in [9.17, 15) is 4.79 Å². The van der Waals surface area contributed by atoms with Crippen LogP contribution in [0.15, 0.2) is 53.1 Å². The Morgan fingerprint density at radius 2 is 1.68 bits per heavy atom. The van der Waals surface area contributed by atoms with Gasteiger partial charge in [0, 0.05) is 23.7 Å². The second kappa shape index (κ2) is 10.1. The van der Waals surface area contributed by atoms with Crippen LogP contribution in [0.5, 0.6) is 0 Å². The van der Waals surface area contributed by atoms with Crippen LogP contribution in [0.3, 0.4) is 0 Å². The maximum atomic E-state index is 10.9. The Bertz CT molecular complexity index is 994. The lowest BCUT2D eigenvalue weighted by Gasteiger charge is -2.33. The SMILES string of the molecule is CC(C)Cc1ccc(-c2nc(-c3ccc(CN[C@H]4C[C@H](C(=O)O)C4)cc3)no2)cc1.Cl. The number of hydrogen-bond acceptors (Lipinski definition) is 5. The monoisotopic (exact) mass is 441 g/mol. The predicted octanol–water partition coefficient (Wildman–Crippen LogP) is 4.98. The third-order valence-electron chi connectivity index (χ3n) is 5.57. The van der Waals surface area contributed by atoms with E-state index in [1.165, 1.54) is 5.56 Å². The van der Waals surface area contributed by atoms with Crippen LogP contribution in [0.2, 0.25) is 0 Å². The molecule has 1 aromatic heterocycles. The first-order chi connectivity index (χ1) is 14.5. The first kappa shape index (κ1) is 23.0. The molecule has 2 N–H and O–H groups in total. The van der Waals surface area contributed by atoms with Crippen molar-refractivity contribution in [1.29, 1.82) is 0 Å². The average Bonchev–Trinajstić information content (AvgIpc) is 3.17. The molecule has 164 valence electrons. The Balaban J connectivity index is 0.00000272. The highest BCUT2D eigenvalue weighted by atomic mass is 35.5. The molecule has 0 spiro atoms. The molecule has 0 amide bonds. The van der Waals surface area contributed by atoms with Gasteiger partial charge in [-0.1, -0.05) is 55.4 Å². The molecular formula is C24H28ClN3O3. The molecule has 4 rings (SSSR count). The zero-order valence-corrected chi connectivity index (χ0v) is 18.6. The van der Waals surface area contributed by atoms with Gasteiger partial charge in [-0.3, -0.25) is 4.79 Å². The number of benzene rings is 2. The zero-order valence-electron chi connectivity index (χ0n) is 17.7. The number of carboxylic acid groups (broad SMARTS) is 1. The van der Waals surface area contributed by atoms with Crippen molar-refractivity contribution in [2.24, 2.45) is 11.8 Å². The van der Waals surface area contributed by atoms with Gasteiger partial charge in [-0.05, 0) is 48.4 Å². The summed E-state index contributed by atoms with van der Waals surface area (Å²) in [6, 6.07) is 16.6. The maximum absolute atomic E-state index is 10.9. The highest BCUT2D eigenvalue weighted by Crippen LogP contribution is 2.28. The predicted molar refractivity (Wildman–Crippen MR) is 122 cm³/mol. The third kappa shape index (κ3) is 5.71. The maximum Gasteiger partial charge on any atom is 0.306 e. The van der Waals surface area contributed by atoms with Gasteiger partial charge in [-0.15, -0.1) is 12.4 Å². The molecule has 0 saturated heterocycles. The van der Waals surface area contributed by atoms with Crippen LogP contribution in [-0.2, 0) is 17.8 Å². The van der Waals surface area contributed by atoms with Crippen molar-refractivity contribution in [1.82, 2.24) is 15.5 Å². The van der Waals surface area contributed by atoms with Gasteiger partial charge < -0.3 is 14.9 Å². The first-order valence-corrected chi connectivity index (χ1v) is 10.5. The zero-order chi connectivity index (χ0) is 21.1. The molecule has 0 radical (unpaired) electrons. The number of carbonyl (C=O) groups is 1. The minimum absolute atomic E-state index is 0.